The summed E-state index contributed by atoms with van der Waals surface area (Å²) in [6.07, 6.45) is 6.51. The summed E-state index contributed by atoms with van der Waals surface area (Å²) in [5, 5.41) is 0. The van der Waals surface area contributed by atoms with E-state index in [-0.39, 0.29) is 5.78 Å². The van der Waals surface area contributed by atoms with Crippen molar-refractivity contribution in [3.8, 4) is 12.3 Å². The van der Waals surface area contributed by atoms with Crippen molar-refractivity contribution < 1.29 is 4.79 Å². The van der Waals surface area contributed by atoms with Crippen LogP contribution in [0.5, 0.6) is 0 Å². The van der Waals surface area contributed by atoms with Gasteiger partial charge >= 0.3 is 0 Å². The molecular weight excluding hydrogens is 150 g/mol. The molecule has 0 aromatic rings. The van der Waals surface area contributed by atoms with Gasteiger partial charge in [-0.3, -0.25) is 4.79 Å². The zero-order valence-electron chi connectivity index (χ0n) is 7.47. The Kier molecular flexibility index (Phi) is 5.07. The van der Waals surface area contributed by atoms with Gasteiger partial charge in [0.05, 0.1) is 6.04 Å². The number of hydrogen-bond donors (Lipinski definition) is 1. The molecule has 0 aromatic carbocycles. The number of hydrogen-bond acceptors (Lipinski definition) is 2. The minimum Gasteiger partial charge on any atom is -0.321 e. The number of ketones is 1. The molecule has 0 aliphatic heterocycles. The van der Waals surface area contributed by atoms with Crippen LogP contribution in [0.2, 0.25) is 0 Å². The average Bonchev–Trinajstić information content (AvgIpc) is 2.00. The van der Waals surface area contributed by atoms with Crippen molar-refractivity contribution in [1.82, 2.24) is 0 Å². The third-order valence-electron chi connectivity index (χ3n) is 1.55. The lowest BCUT2D eigenvalue weighted by atomic mass is 10.0. The maximum absolute atomic E-state index is 11.2. The van der Waals surface area contributed by atoms with Gasteiger partial charge in [-0.15, -0.1) is 18.9 Å². The second-order valence-corrected chi connectivity index (χ2v) is 2.94. The molecule has 0 radical (unpaired) electrons. The molecular formula is C10H15NO. The zero-order valence-corrected chi connectivity index (χ0v) is 7.47. The third kappa shape index (κ3) is 4.70. The summed E-state index contributed by atoms with van der Waals surface area (Å²) in [5.41, 5.74) is 6.49. The molecule has 0 heterocycles. The highest BCUT2D eigenvalue weighted by atomic mass is 16.1. The van der Waals surface area contributed by atoms with E-state index in [1.165, 1.54) is 0 Å². The molecule has 0 fully saturated rings. The molecule has 0 amide bonds. The molecule has 0 rings (SSSR count). The second kappa shape index (κ2) is 5.56. The van der Waals surface area contributed by atoms with E-state index in [0.717, 1.165) is 5.57 Å². The number of carbonyl (C=O) groups excluding carboxylic acids is 1. The van der Waals surface area contributed by atoms with Crippen LogP contribution in [-0.2, 0) is 4.79 Å². The summed E-state index contributed by atoms with van der Waals surface area (Å²) in [6.45, 7) is 5.59. The van der Waals surface area contributed by atoms with Crippen molar-refractivity contribution >= 4 is 5.78 Å². The molecule has 0 bridgehead atoms. The lowest BCUT2D eigenvalue weighted by Crippen LogP contribution is -2.29. The van der Waals surface area contributed by atoms with E-state index in [4.69, 9.17) is 12.2 Å². The number of Topliss-reactive ketones (excluding diaryl/α,β-unsaturated/α-hetero) is 1. The molecule has 2 N–H and O–H groups in total. The number of allylic oxidation sites excluding steroid dienone is 1. The molecule has 0 aliphatic carbocycles. The lowest BCUT2D eigenvalue weighted by Gasteiger charge is -2.05. The van der Waals surface area contributed by atoms with Gasteiger partial charge in [-0.1, -0.05) is 5.57 Å². The van der Waals surface area contributed by atoms with Crippen LogP contribution < -0.4 is 5.73 Å². The molecule has 0 saturated heterocycles. The molecule has 12 heavy (non-hydrogen) atoms. The first-order valence-corrected chi connectivity index (χ1v) is 3.94. The number of carbonyl (C=O) groups is 1. The van der Waals surface area contributed by atoms with Crippen molar-refractivity contribution in [1.29, 1.82) is 0 Å². The third-order valence-corrected chi connectivity index (χ3v) is 1.55. The molecule has 0 aliphatic rings. The maximum Gasteiger partial charge on any atom is 0.150 e. The first kappa shape index (κ1) is 10.9. The number of terminal acetylenes is 1. The minimum atomic E-state index is -0.491. The van der Waals surface area contributed by atoms with E-state index < -0.39 is 6.04 Å². The minimum absolute atomic E-state index is 0.0240. The zero-order chi connectivity index (χ0) is 9.56. The van der Waals surface area contributed by atoms with Crippen LogP contribution in [0.25, 0.3) is 0 Å². The predicted molar refractivity (Wildman–Crippen MR) is 50.5 cm³/mol. The molecule has 0 saturated carbocycles. The van der Waals surface area contributed by atoms with E-state index in [2.05, 4.69) is 12.5 Å². The lowest BCUT2D eigenvalue weighted by molar-refractivity contribution is -0.120. The van der Waals surface area contributed by atoms with Crippen LogP contribution in [0.15, 0.2) is 12.2 Å². The van der Waals surface area contributed by atoms with Crippen molar-refractivity contribution in [3.05, 3.63) is 12.2 Å². The van der Waals surface area contributed by atoms with E-state index >= 15 is 0 Å². The highest BCUT2D eigenvalue weighted by molar-refractivity contribution is 5.84. The fourth-order valence-corrected chi connectivity index (χ4v) is 0.763. The van der Waals surface area contributed by atoms with Crippen molar-refractivity contribution in [2.75, 3.05) is 0 Å². The molecule has 1 unspecified atom stereocenters. The SMILES string of the molecule is C#CCC(N)C(=O)CCC(=C)C. The fourth-order valence-electron chi connectivity index (χ4n) is 0.763. The molecule has 0 spiro atoms. The van der Waals surface area contributed by atoms with E-state index in [0.29, 0.717) is 19.3 Å². The van der Waals surface area contributed by atoms with Gasteiger partial charge in [0.25, 0.3) is 0 Å². The Morgan fingerprint density at radius 1 is 1.67 bits per heavy atom. The van der Waals surface area contributed by atoms with Crippen LogP contribution in [0.3, 0.4) is 0 Å². The summed E-state index contributed by atoms with van der Waals surface area (Å²) in [4.78, 5) is 11.2. The molecule has 0 aromatic heterocycles. The second-order valence-electron chi connectivity index (χ2n) is 2.94. The Balaban J connectivity index is 3.73. The topological polar surface area (TPSA) is 43.1 Å². The molecule has 2 nitrogen and oxygen atoms in total. The summed E-state index contributed by atoms with van der Waals surface area (Å²) in [6, 6.07) is -0.491. The van der Waals surface area contributed by atoms with Crippen LogP contribution in [0.4, 0.5) is 0 Å². The van der Waals surface area contributed by atoms with Crippen molar-refractivity contribution in [2.45, 2.75) is 32.2 Å². The Hall–Kier alpha value is -1.07. The van der Waals surface area contributed by atoms with E-state index in [1.807, 2.05) is 6.92 Å². The Morgan fingerprint density at radius 2 is 2.25 bits per heavy atom. The normalized spacial score (nSPS) is 11.8. The standard InChI is InChI=1S/C10H15NO/c1-4-5-9(11)10(12)7-6-8(2)3/h1,9H,2,5-7,11H2,3H3. The van der Waals surface area contributed by atoms with Gasteiger partial charge in [-0.05, 0) is 13.3 Å². The first-order valence-electron chi connectivity index (χ1n) is 3.94. The number of rotatable bonds is 5. The quantitative estimate of drug-likeness (QED) is 0.492. The van der Waals surface area contributed by atoms with Crippen LogP contribution in [0, 0.1) is 12.3 Å². The highest BCUT2D eigenvalue weighted by Crippen LogP contribution is 2.03. The van der Waals surface area contributed by atoms with E-state index in [1.54, 1.807) is 0 Å². The van der Waals surface area contributed by atoms with Crippen LogP contribution >= 0.6 is 0 Å². The monoisotopic (exact) mass is 165 g/mol. The molecule has 2 heteroatoms. The van der Waals surface area contributed by atoms with Crippen molar-refractivity contribution in [3.63, 3.8) is 0 Å². The Labute approximate surface area is 73.8 Å². The smallest absolute Gasteiger partial charge is 0.150 e. The Morgan fingerprint density at radius 3 is 2.67 bits per heavy atom. The van der Waals surface area contributed by atoms with Gasteiger partial charge in [0.1, 0.15) is 0 Å². The van der Waals surface area contributed by atoms with Gasteiger partial charge in [0.15, 0.2) is 5.78 Å². The van der Waals surface area contributed by atoms with Gasteiger partial charge in [-0.25, -0.2) is 0 Å². The summed E-state index contributed by atoms with van der Waals surface area (Å²) < 4.78 is 0. The van der Waals surface area contributed by atoms with Gasteiger partial charge < -0.3 is 5.73 Å². The van der Waals surface area contributed by atoms with Gasteiger partial charge in [0, 0.05) is 12.8 Å². The largest absolute Gasteiger partial charge is 0.321 e. The average molecular weight is 165 g/mol. The Bertz CT molecular complexity index is 212. The molecule has 66 valence electrons. The van der Waals surface area contributed by atoms with Gasteiger partial charge in [0.2, 0.25) is 0 Å². The summed E-state index contributed by atoms with van der Waals surface area (Å²) >= 11 is 0. The number of nitrogens with two attached hydrogens (primary N) is 1. The van der Waals surface area contributed by atoms with Crippen molar-refractivity contribution in [2.24, 2.45) is 5.73 Å². The summed E-state index contributed by atoms with van der Waals surface area (Å²) in [5.74, 6) is 2.39. The predicted octanol–water partition coefficient (Wildman–Crippen LogP) is 1.26. The maximum atomic E-state index is 11.2. The van der Waals surface area contributed by atoms with E-state index in [9.17, 15) is 4.79 Å². The highest BCUT2D eigenvalue weighted by Gasteiger charge is 2.10. The summed E-state index contributed by atoms with van der Waals surface area (Å²) in [7, 11) is 0. The fraction of sp³-hybridized carbons (Fsp3) is 0.500. The van der Waals surface area contributed by atoms with Crippen LogP contribution in [-0.4, -0.2) is 11.8 Å². The molecule has 1 atom stereocenters. The first-order chi connectivity index (χ1) is 5.57. The van der Waals surface area contributed by atoms with Crippen LogP contribution in [0.1, 0.15) is 26.2 Å². The van der Waals surface area contributed by atoms with Gasteiger partial charge in [-0.2, -0.15) is 0 Å².